The highest BCUT2D eigenvalue weighted by Gasteiger charge is 2.44. The first-order valence-electron chi connectivity index (χ1n) is 17.1. The molecule has 4 fully saturated rings. The van der Waals surface area contributed by atoms with Crippen LogP contribution < -0.4 is 14.9 Å². The molecule has 2 bridgehead atoms. The first-order valence-corrected chi connectivity index (χ1v) is 21.2. The standard InChI is InChI=1S/C34H36F3N7O5S3/c35-25-4-2-5-26(36)32(25)52(47,48)42-27-6-1-3-24(29(27)37)30-31(28-9-13-38-33(40-28)39-20-11-15-51(45,46)16-12-20)50-34(41-30)44-21-7-8-22(44)18-43(17-21)23-10-14-49-19-23/h1-6,9,13,20-23,42H,7-8,10-12,14-19H2,(H,38,39,40). The zero-order valence-corrected chi connectivity index (χ0v) is 30.3. The molecule has 12 nitrogen and oxygen atoms in total. The molecule has 18 heteroatoms. The van der Waals surface area contributed by atoms with Gasteiger partial charge in [0.05, 0.1) is 40.1 Å². The number of anilines is 3. The summed E-state index contributed by atoms with van der Waals surface area (Å²) in [6.07, 6.45) is 5.32. The number of thiazole rings is 1. The number of benzene rings is 2. The van der Waals surface area contributed by atoms with Crippen LogP contribution in [-0.4, -0.2) is 98.7 Å². The Balaban J connectivity index is 1.16. The van der Waals surface area contributed by atoms with Gasteiger partial charge in [-0.3, -0.25) is 9.62 Å². The van der Waals surface area contributed by atoms with Crippen molar-refractivity contribution in [3.63, 3.8) is 0 Å². The lowest BCUT2D eigenvalue weighted by Gasteiger charge is -2.43. The van der Waals surface area contributed by atoms with Gasteiger partial charge in [-0.25, -0.2) is 45.0 Å². The first kappa shape index (κ1) is 35.2. The van der Waals surface area contributed by atoms with Crippen LogP contribution in [0.2, 0.25) is 0 Å². The smallest absolute Gasteiger partial charge is 0.267 e. The minimum absolute atomic E-state index is 0.0357. The van der Waals surface area contributed by atoms with Crippen LogP contribution in [0, 0.1) is 17.5 Å². The second kappa shape index (κ2) is 13.9. The molecule has 52 heavy (non-hydrogen) atoms. The molecule has 3 atom stereocenters. The number of fused-ring (bicyclic) bond motifs is 2. The predicted molar refractivity (Wildman–Crippen MR) is 191 cm³/mol. The number of nitrogens with one attached hydrogen (secondary N) is 2. The third-order valence-electron chi connectivity index (χ3n) is 10.2. The van der Waals surface area contributed by atoms with Crippen molar-refractivity contribution in [1.29, 1.82) is 0 Å². The Morgan fingerprint density at radius 1 is 0.885 bits per heavy atom. The third-order valence-corrected chi connectivity index (χ3v) is 14.5. The summed E-state index contributed by atoms with van der Waals surface area (Å²) in [5.74, 6) is -3.19. The number of halogens is 3. The van der Waals surface area contributed by atoms with Crippen LogP contribution >= 0.6 is 11.3 Å². The molecule has 8 rings (SSSR count). The topological polar surface area (TPSA) is 147 Å². The SMILES string of the molecule is O=S1(=O)CCC(Nc2nccc(-c3sc(N4C5CCC4CN(C4CCOC4)C5)nc3-c3cccc(NS(=O)(=O)c4c(F)cccc4F)c3F)n2)CC1. The Hall–Kier alpha value is -3.84. The molecule has 6 heterocycles. The van der Waals surface area contributed by atoms with E-state index in [1.54, 1.807) is 12.3 Å². The fraction of sp³-hybridized carbons (Fsp3) is 0.441. The van der Waals surface area contributed by atoms with Crippen LogP contribution in [0.25, 0.3) is 21.8 Å². The van der Waals surface area contributed by atoms with E-state index in [1.165, 1.54) is 29.5 Å². The summed E-state index contributed by atoms with van der Waals surface area (Å²) >= 11 is 1.35. The molecule has 4 aromatic rings. The molecule has 4 aliphatic rings. The third kappa shape index (κ3) is 6.86. The van der Waals surface area contributed by atoms with Gasteiger partial charge in [0.25, 0.3) is 10.0 Å². The summed E-state index contributed by atoms with van der Waals surface area (Å²) in [6, 6.07) is 8.99. The lowest BCUT2D eigenvalue weighted by atomic mass is 10.1. The summed E-state index contributed by atoms with van der Waals surface area (Å²) in [5.41, 5.74) is 0.111. The molecule has 4 saturated heterocycles. The van der Waals surface area contributed by atoms with E-state index in [4.69, 9.17) is 14.7 Å². The lowest BCUT2D eigenvalue weighted by Crippen LogP contribution is -2.56. The van der Waals surface area contributed by atoms with E-state index in [-0.39, 0.29) is 46.8 Å². The Bertz CT molecular complexity index is 2170. The molecule has 0 spiro atoms. The predicted octanol–water partition coefficient (Wildman–Crippen LogP) is 4.92. The van der Waals surface area contributed by atoms with Gasteiger partial charge in [0.1, 0.15) is 21.5 Å². The number of sulfonamides is 1. The zero-order valence-electron chi connectivity index (χ0n) is 27.8. The van der Waals surface area contributed by atoms with E-state index in [1.807, 2.05) is 4.72 Å². The van der Waals surface area contributed by atoms with Crippen LogP contribution in [0.15, 0.2) is 53.6 Å². The number of hydrogen-bond donors (Lipinski definition) is 2. The minimum atomic E-state index is -4.86. The van der Waals surface area contributed by atoms with E-state index in [2.05, 4.69) is 20.1 Å². The summed E-state index contributed by atoms with van der Waals surface area (Å²) in [4.78, 5) is 18.2. The highest BCUT2D eigenvalue weighted by molar-refractivity contribution is 7.92. The van der Waals surface area contributed by atoms with E-state index in [0.29, 0.717) is 41.2 Å². The number of ether oxygens (including phenoxy) is 1. The number of piperazine rings is 1. The maximum atomic E-state index is 16.5. The molecule has 0 amide bonds. The quantitative estimate of drug-likeness (QED) is 0.239. The van der Waals surface area contributed by atoms with Gasteiger partial charge in [-0.1, -0.05) is 23.5 Å². The van der Waals surface area contributed by atoms with Crippen molar-refractivity contribution in [2.45, 2.75) is 61.2 Å². The monoisotopic (exact) mass is 775 g/mol. The maximum Gasteiger partial charge on any atom is 0.267 e. The van der Waals surface area contributed by atoms with Gasteiger partial charge in [0.2, 0.25) is 5.95 Å². The van der Waals surface area contributed by atoms with Crippen molar-refractivity contribution in [3.8, 4) is 21.8 Å². The van der Waals surface area contributed by atoms with Gasteiger partial charge in [-0.15, -0.1) is 0 Å². The highest BCUT2D eigenvalue weighted by Crippen LogP contribution is 2.46. The normalized spacial score (nSPS) is 23.6. The molecule has 0 aliphatic carbocycles. The molecule has 2 aromatic carbocycles. The van der Waals surface area contributed by atoms with Crippen LogP contribution in [0.3, 0.4) is 0 Å². The molecule has 3 unspecified atom stereocenters. The largest absolute Gasteiger partial charge is 0.380 e. The molecular weight excluding hydrogens is 740 g/mol. The summed E-state index contributed by atoms with van der Waals surface area (Å²) < 4.78 is 103. The number of likely N-dealkylation sites (tertiary alicyclic amines) is 1. The molecule has 0 radical (unpaired) electrons. The van der Waals surface area contributed by atoms with Crippen molar-refractivity contribution in [3.05, 3.63) is 66.1 Å². The van der Waals surface area contributed by atoms with Gasteiger partial charge >= 0.3 is 0 Å². The van der Waals surface area contributed by atoms with Crippen LogP contribution in [0.5, 0.6) is 0 Å². The average Bonchev–Trinajstić information content (AvgIpc) is 3.85. The minimum Gasteiger partial charge on any atom is -0.380 e. The zero-order chi connectivity index (χ0) is 36.2. The molecule has 2 aromatic heterocycles. The van der Waals surface area contributed by atoms with E-state index < -0.39 is 47.9 Å². The van der Waals surface area contributed by atoms with Crippen molar-refractivity contribution in [2.24, 2.45) is 0 Å². The van der Waals surface area contributed by atoms with Gasteiger partial charge in [0, 0.05) is 55.6 Å². The van der Waals surface area contributed by atoms with Gasteiger partial charge < -0.3 is 15.0 Å². The van der Waals surface area contributed by atoms with Crippen molar-refractivity contribution < 1.29 is 34.7 Å². The van der Waals surface area contributed by atoms with E-state index >= 15 is 4.39 Å². The summed E-state index contributed by atoms with van der Waals surface area (Å²) in [6.45, 7) is 3.15. The Morgan fingerprint density at radius 2 is 1.60 bits per heavy atom. The second-order valence-corrected chi connectivity index (χ2v) is 18.5. The van der Waals surface area contributed by atoms with Crippen molar-refractivity contribution in [2.75, 3.05) is 52.7 Å². The summed E-state index contributed by atoms with van der Waals surface area (Å²) in [5, 5.41) is 3.91. The van der Waals surface area contributed by atoms with Crippen molar-refractivity contribution in [1.82, 2.24) is 19.9 Å². The van der Waals surface area contributed by atoms with Gasteiger partial charge in [-0.2, -0.15) is 0 Å². The number of hydrogen-bond acceptors (Lipinski definition) is 12. The van der Waals surface area contributed by atoms with Crippen LogP contribution in [0.1, 0.15) is 32.1 Å². The van der Waals surface area contributed by atoms with Crippen molar-refractivity contribution >= 4 is 48.0 Å². The Labute approximate surface area is 303 Å². The number of sulfone groups is 1. The number of rotatable bonds is 9. The lowest BCUT2D eigenvalue weighted by molar-refractivity contribution is 0.125. The van der Waals surface area contributed by atoms with E-state index in [0.717, 1.165) is 57.2 Å². The first-order chi connectivity index (χ1) is 25.0. The number of nitrogens with zero attached hydrogens (tertiary/aromatic N) is 5. The van der Waals surface area contributed by atoms with E-state index in [9.17, 15) is 25.6 Å². The molecule has 4 aliphatic heterocycles. The van der Waals surface area contributed by atoms with Crippen LogP contribution in [0.4, 0.5) is 29.9 Å². The fourth-order valence-electron chi connectivity index (χ4n) is 7.63. The maximum absolute atomic E-state index is 16.5. The summed E-state index contributed by atoms with van der Waals surface area (Å²) in [7, 11) is -7.93. The Kier molecular flexibility index (Phi) is 9.38. The van der Waals surface area contributed by atoms with Gasteiger partial charge in [-0.05, 0) is 62.4 Å². The molecule has 0 saturated carbocycles. The molecular formula is C34H36F3N7O5S3. The highest BCUT2D eigenvalue weighted by atomic mass is 32.2. The van der Waals surface area contributed by atoms with Gasteiger partial charge in [0.15, 0.2) is 15.8 Å². The molecule has 2 N–H and O–H groups in total. The molecule has 276 valence electrons. The fourth-order valence-corrected chi connectivity index (χ4v) is 11.5. The number of aromatic nitrogens is 3. The second-order valence-electron chi connectivity index (χ2n) is 13.6. The van der Waals surface area contributed by atoms with Crippen LogP contribution in [-0.2, 0) is 24.6 Å². The average molecular weight is 776 g/mol. The Morgan fingerprint density at radius 3 is 2.29 bits per heavy atom.